The average Bonchev–Trinajstić information content (AvgIpc) is 2.88. The Bertz CT molecular complexity index is 980. The number of aromatic nitrogens is 1. The van der Waals surface area contributed by atoms with Crippen molar-refractivity contribution in [2.24, 2.45) is 5.92 Å². The van der Waals surface area contributed by atoms with E-state index in [9.17, 15) is 9.59 Å². The van der Waals surface area contributed by atoms with E-state index in [1.165, 1.54) is 4.90 Å². The van der Waals surface area contributed by atoms with Gasteiger partial charge >= 0.3 is 0 Å². The molecule has 0 unspecified atom stereocenters. The van der Waals surface area contributed by atoms with Crippen LogP contribution in [0.1, 0.15) is 17.5 Å². The molecule has 1 aliphatic heterocycles. The number of aryl methyl sites for hydroxylation is 1. The maximum absolute atomic E-state index is 12.8. The van der Waals surface area contributed by atoms with Gasteiger partial charge in [0.25, 0.3) is 0 Å². The summed E-state index contributed by atoms with van der Waals surface area (Å²) in [7, 11) is 0. The van der Waals surface area contributed by atoms with Gasteiger partial charge in [0.05, 0.1) is 11.4 Å². The Balaban J connectivity index is 1.62. The van der Waals surface area contributed by atoms with Crippen LogP contribution in [0.5, 0.6) is 0 Å². The molecule has 2 amide bonds. The van der Waals surface area contributed by atoms with E-state index in [2.05, 4.69) is 11.1 Å². The Kier molecular flexibility index (Phi) is 3.80. The van der Waals surface area contributed by atoms with Gasteiger partial charge in [0, 0.05) is 11.8 Å². The highest BCUT2D eigenvalue weighted by Crippen LogP contribution is 2.29. The Morgan fingerprint density at radius 2 is 1.88 bits per heavy atom. The summed E-state index contributed by atoms with van der Waals surface area (Å²) in [5.41, 5.74) is 3.02. The lowest BCUT2D eigenvalue weighted by Crippen LogP contribution is -2.31. The minimum atomic E-state index is -0.317. The molecule has 0 aliphatic carbocycles. The van der Waals surface area contributed by atoms with Crippen LogP contribution in [-0.4, -0.2) is 16.8 Å². The molecule has 2 aromatic carbocycles. The first-order chi connectivity index (χ1) is 12.1. The molecule has 0 radical (unpaired) electrons. The lowest BCUT2D eigenvalue weighted by Gasteiger charge is -2.14. The zero-order valence-electron chi connectivity index (χ0n) is 14.0. The summed E-state index contributed by atoms with van der Waals surface area (Å²) >= 11 is 0. The van der Waals surface area contributed by atoms with E-state index in [-0.39, 0.29) is 24.2 Å². The molecule has 3 aromatic rings. The van der Waals surface area contributed by atoms with Crippen molar-refractivity contribution in [3.63, 3.8) is 0 Å². The number of hydrogen-bond donors (Lipinski definition) is 0. The summed E-state index contributed by atoms with van der Waals surface area (Å²) in [5.74, 6) is -0.234. The molecule has 1 fully saturated rings. The lowest BCUT2D eigenvalue weighted by molar-refractivity contribution is -0.122. The molecule has 0 bridgehead atoms. The van der Waals surface area contributed by atoms with Crippen molar-refractivity contribution >= 4 is 28.5 Å². The highest BCUT2D eigenvalue weighted by atomic mass is 16.2. The Morgan fingerprint density at radius 1 is 1.04 bits per heavy atom. The zero-order chi connectivity index (χ0) is 17.4. The molecule has 4 heteroatoms. The summed E-state index contributed by atoms with van der Waals surface area (Å²) in [4.78, 5) is 31.0. The topological polar surface area (TPSA) is 50.3 Å². The molecule has 1 aromatic heterocycles. The van der Waals surface area contributed by atoms with E-state index in [1.807, 2.05) is 55.5 Å². The first kappa shape index (κ1) is 15.5. The number of pyridine rings is 1. The molecule has 1 aliphatic rings. The Hall–Kier alpha value is -3.01. The summed E-state index contributed by atoms with van der Waals surface area (Å²) in [6, 6.07) is 19.4. The predicted octanol–water partition coefficient (Wildman–Crippen LogP) is 3.67. The van der Waals surface area contributed by atoms with Crippen molar-refractivity contribution in [3.8, 4) is 0 Å². The minimum Gasteiger partial charge on any atom is -0.274 e. The number of anilines is 1. The van der Waals surface area contributed by atoms with Crippen LogP contribution in [0.15, 0.2) is 60.7 Å². The number of para-hydroxylation sites is 1. The fraction of sp³-hybridized carbons (Fsp3) is 0.190. The fourth-order valence-corrected chi connectivity index (χ4v) is 3.40. The molecule has 0 saturated carbocycles. The molecule has 124 valence electrons. The molecule has 1 saturated heterocycles. The van der Waals surface area contributed by atoms with Gasteiger partial charge in [-0.15, -0.1) is 0 Å². The summed E-state index contributed by atoms with van der Waals surface area (Å²) < 4.78 is 0. The number of nitrogens with zero attached hydrogens (tertiary/aromatic N) is 2. The van der Waals surface area contributed by atoms with Crippen molar-refractivity contribution in [2.75, 3.05) is 4.90 Å². The molecule has 0 N–H and O–H groups in total. The van der Waals surface area contributed by atoms with Crippen LogP contribution >= 0.6 is 0 Å². The second kappa shape index (κ2) is 6.13. The van der Waals surface area contributed by atoms with Crippen molar-refractivity contribution in [1.29, 1.82) is 0 Å². The van der Waals surface area contributed by atoms with E-state index >= 15 is 0 Å². The van der Waals surface area contributed by atoms with Gasteiger partial charge < -0.3 is 0 Å². The number of hydrogen-bond acceptors (Lipinski definition) is 3. The van der Waals surface area contributed by atoms with Crippen molar-refractivity contribution in [3.05, 3.63) is 71.8 Å². The number of fused-ring (bicyclic) bond motifs is 1. The average molecular weight is 330 g/mol. The van der Waals surface area contributed by atoms with Crippen LogP contribution < -0.4 is 4.90 Å². The summed E-state index contributed by atoms with van der Waals surface area (Å²) in [5, 5.41) is 0.988. The van der Waals surface area contributed by atoms with Crippen molar-refractivity contribution < 1.29 is 9.59 Å². The molecule has 4 nitrogen and oxygen atoms in total. The van der Waals surface area contributed by atoms with Crippen molar-refractivity contribution in [1.82, 2.24) is 4.98 Å². The van der Waals surface area contributed by atoms with E-state index in [4.69, 9.17) is 0 Å². The monoisotopic (exact) mass is 330 g/mol. The number of benzene rings is 2. The molecule has 4 rings (SSSR count). The van der Waals surface area contributed by atoms with E-state index < -0.39 is 0 Å². The number of imide groups is 1. The number of rotatable bonds is 3. The van der Waals surface area contributed by atoms with Gasteiger partial charge in [-0.2, -0.15) is 0 Å². The molecule has 0 spiro atoms. The van der Waals surface area contributed by atoms with Crippen LogP contribution in [0.4, 0.5) is 5.82 Å². The third-order valence-electron chi connectivity index (χ3n) is 4.62. The minimum absolute atomic E-state index is 0.158. The maximum atomic E-state index is 12.8. The van der Waals surface area contributed by atoms with Crippen molar-refractivity contribution in [2.45, 2.75) is 19.8 Å². The Labute approximate surface area is 146 Å². The first-order valence-corrected chi connectivity index (χ1v) is 8.40. The van der Waals surface area contributed by atoms with Crippen LogP contribution in [0.2, 0.25) is 0 Å². The quantitative estimate of drug-likeness (QED) is 0.689. The molecule has 2 heterocycles. The van der Waals surface area contributed by atoms with E-state index in [1.54, 1.807) is 6.07 Å². The highest BCUT2D eigenvalue weighted by Gasteiger charge is 2.40. The van der Waals surface area contributed by atoms with E-state index in [0.717, 1.165) is 22.0 Å². The third-order valence-corrected chi connectivity index (χ3v) is 4.62. The predicted molar refractivity (Wildman–Crippen MR) is 97.2 cm³/mol. The first-order valence-electron chi connectivity index (χ1n) is 8.40. The second-order valence-corrected chi connectivity index (χ2v) is 6.52. The third kappa shape index (κ3) is 2.91. The van der Waals surface area contributed by atoms with E-state index in [0.29, 0.717) is 12.2 Å². The van der Waals surface area contributed by atoms with Gasteiger partial charge in [0.2, 0.25) is 11.8 Å². The van der Waals surface area contributed by atoms with Gasteiger partial charge in [-0.3, -0.25) is 9.59 Å². The van der Waals surface area contributed by atoms with Gasteiger partial charge in [0.15, 0.2) is 0 Å². The number of carbonyl (C=O) groups excluding carboxylic acids is 2. The van der Waals surface area contributed by atoms with Crippen LogP contribution in [0.25, 0.3) is 10.9 Å². The molecular formula is C21H18N2O2. The largest absolute Gasteiger partial charge is 0.274 e. The molecular weight excluding hydrogens is 312 g/mol. The van der Waals surface area contributed by atoms with Gasteiger partial charge in [-0.05, 0) is 37.1 Å². The highest BCUT2D eigenvalue weighted by molar-refractivity contribution is 6.20. The number of amides is 2. The SMILES string of the molecule is Cc1cccc(C[C@H]2CC(=O)N(c3ccc4ccccc4n3)C2=O)c1. The van der Waals surface area contributed by atoms with Gasteiger partial charge in [-0.1, -0.05) is 48.0 Å². The Morgan fingerprint density at radius 3 is 2.72 bits per heavy atom. The maximum Gasteiger partial charge on any atom is 0.238 e. The standard InChI is InChI=1S/C21H18N2O2/c1-14-5-4-6-15(11-14)12-17-13-20(24)23(21(17)25)19-10-9-16-7-2-3-8-18(16)22-19/h2-11,17H,12-13H2,1H3/t17-/m0/s1. The van der Waals surface area contributed by atoms with Gasteiger partial charge in [0.1, 0.15) is 5.82 Å². The number of carbonyl (C=O) groups is 2. The fourth-order valence-electron chi connectivity index (χ4n) is 3.40. The second-order valence-electron chi connectivity index (χ2n) is 6.52. The van der Waals surface area contributed by atoms with Crippen LogP contribution in [0.3, 0.4) is 0 Å². The molecule has 25 heavy (non-hydrogen) atoms. The zero-order valence-corrected chi connectivity index (χ0v) is 14.0. The smallest absolute Gasteiger partial charge is 0.238 e. The lowest BCUT2D eigenvalue weighted by atomic mass is 9.97. The van der Waals surface area contributed by atoms with Gasteiger partial charge in [-0.25, -0.2) is 9.88 Å². The summed E-state index contributed by atoms with van der Waals surface area (Å²) in [6.07, 6.45) is 0.817. The normalized spacial score (nSPS) is 17.5. The molecule has 1 atom stereocenters. The van der Waals surface area contributed by atoms with Crippen LogP contribution in [0, 0.1) is 12.8 Å². The summed E-state index contributed by atoms with van der Waals surface area (Å²) in [6.45, 7) is 2.02. The van der Waals surface area contributed by atoms with Crippen LogP contribution in [-0.2, 0) is 16.0 Å².